The van der Waals surface area contributed by atoms with Crippen molar-refractivity contribution in [2.24, 2.45) is 9.98 Å². The fourth-order valence-corrected chi connectivity index (χ4v) is 9.29. The Bertz CT molecular complexity index is 3220. The molecule has 0 radical (unpaired) electrons. The first kappa shape index (κ1) is 39.1. The van der Waals surface area contributed by atoms with Crippen LogP contribution >= 0.6 is 46.4 Å². The van der Waals surface area contributed by atoms with Crippen LogP contribution in [0.4, 0.5) is 0 Å². The Balaban J connectivity index is 1.31. The molecule has 0 saturated carbocycles. The lowest BCUT2D eigenvalue weighted by molar-refractivity contribution is 1.25. The minimum absolute atomic E-state index is 0.655. The van der Waals surface area contributed by atoms with Gasteiger partial charge in [-0.3, -0.25) is 0 Å². The van der Waals surface area contributed by atoms with E-state index in [1.54, 1.807) is 0 Å². The zero-order valence-electron chi connectivity index (χ0n) is 33.4. The number of allylic oxidation sites excluding steroid dienone is 4. The molecular formula is C56H33Cl4N3. The number of H-pyrrole nitrogens is 1. The van der Waals surface area contributed by atoms with Crippen molar-refractivity contribution in [2.45, 2.75) is 0 Å². The van der Waals surface area contributed by atoms with Crippen molar-refractivity contribution < 1.29 is 0 Å². The predicted octanol–water partition coefficient (Wildman–Crippen LogP) is 14.1. The number of rotatable bonds is 5. The highest BCUT2D eigenvalue weighted by atomic mass is 35.5. The third kappa shape index (κ3) is 7.33. The lowest BCUT2D eigenvalue weighted by Crippen LogP contribution is -2.21. The number of aromatic nitrogens is 1. The van der Waals surface area contributed by atoms with E-state index in [1.165, 1.54) is 0 Å². The summed E-state index contributed by atoms with van der Waals surface area (Å²) in [5.41, 5.74) is 17.4. The van der Waals surface area contributed by atoms with Crippen LogP contribution in [-0.4, -0.2) is 16.4 Å². The summed E-state index contributed by atoms with van der Waals surface area (Å²) < 4.78 is 0. The SMILES string of the molecule is Clc1ccc(C2=C3C=CC(=N3)C(c3ccc(Cl)cc3)=c3ccc([nH]3)=C(c3ccc(Cl)cc3)C3=NC(=C(c4ccc(Cl)cc4)c4cc2c2ccc(-c5ccccc5)ccc4-2)C=C3)cc1. The molecule has 5 aromatic carbocycles. The second-order valence-corrected chi connectivity index (χ2v) is 17.3. The number of benzene rings is 5. The fraction of sp³-hybridized carbons (Fsp3) is 0. The highest BCUT2D eigenvalue weighted by molar-refractivity contribution is 6.34. The summed E-state index contributed by atoms with van der Waals surface area (Å²) in [7, 11) is 0. The van der Waals surface area contributed by atoms with Crippen LogP contribution in [-0.2, 0) is 0 Å². The van der Waals surface area contributed by atoms with Crippen molar-refractivity contribution in [2.75, 3.05) is 0 Å². The summed E-state index contributed by atoms with van der Waals surface area (Å²) in [5.74, 6) is 0. The molecule has 4 heterocycles. The predicted molar refractivity (Wildman–Crippen MR) is 265 cm³/mol. The first-order chi connectivity index (χ1) is 30.8. The molecule has 3 nitrogen and oxygen atoms in total. The van der Waals surface area contributed by atoms with E-state index < -0.39 is 0 Å². The Morgan fingerprint density at radius 1 is 0.302 bits per heavy atom. The van der Waals surface area contributed by atoms with E-state index in [9.17, 15) is 0 Å². The summed E-state index contributed by atoms with van der Waals surface area (Å²) in [6.07, 6.45) is 8.45. The molecule has 6 aromatic rings. The minimum Gasteiger partial charge on any atom is -0.354 e. The number of hydrogen-bond acceptors (Lipinski definition) is 2. The number of nitrogens with zero attached hydrogens (tertiary/aromatic N) is 2. The number of halogens is 4. The van der Waals surface area contributed by atoms with Gasteiger partial charge in [0.25, 0.3) is 0 Å². The van der Waals surface area contributed by atoms with Crippen LogP contribution in [0.2, 0.25) is 20.1 Å². The molecule has 0 saturated heterocycles. The van der Waals surface area contributed by atoms with Crippen molar-refractivity contribution >= 4 is 80.1 Å². The Morgan fingerprint density at radius 2 is 0.651 bits per heavy atom. The molecule has 1 aromatic heterocycles. The lowest BCUT2D eigenvalue weighted by Gasteiger charge is -2.12. The van der Waals surface area contributed by atoms with Crippen molar-refractivity contribution in [3.63, 3.8) is 0 Å². The van der Waals surface area contributed by atoms with Gasteiger partial charge in [-0.25, -0.2) is 9.98 Å². The quantitative estimate of drug-likeness (QED) is 0.179. The zero-order valence-corrected chi connectivity index (χ0v) is 36.4. The van der Waals surface area contributed by atoms with Crippen molar-refractivity contribution in [3.05, 3.63) is 270 Å². The molecule has 0 atom stereocenters. The topological polar surface area (TPSA) is 40.5 Å². The Morgan fingerprint density at radius 3 is 1.05 bits per heavy atom. The maximum absolute atomic E-state index is 6.57. The molecule has 0 fully saturated rings. The molecule has 0 amide bonds. The molecule has 5 aliphatic rings. The molecular weight excluding hydrogens is 856 g/mol. The molecule has 11 rings (SSSR count). The van der Waals surface area contributed by atoms with Gasteiger partial charge in [0.1, 0.15) is 0 Å². The monoisotopic (exact) mass is 887 g/mol. The Kier molecular flexibility index (Phi) is 10.1. The largest absolute Gasteiger partial charge is 0.354 e. The molecule has 7 heteroatoms. The number of nitrogens with one attached hydrogen (secondary N) is 1. The molecule has 0 unspecified atom stereocenters. The second-order valence-electron chi connectivity index (χ2n) is 15.5. The summed E-state index contributed by atoms with van der Waals surface area (Å²) in [6.45, 7) is 0. The van der Waals surface area contributed by atoms with Gasteiger partial charge in [0.2, 0.25) is 0 Å². The second kappa shape index (κ2) is 16.2. The van der Waals surface area contributed by atoms with Gasteiger partial charge in [-0.2, -0.15) is 0 Å². The highest BCUT2D eigenvalue weighted by Gasteiger charge is 2.28. The van der Waals surface area contributed by atoms with Crippen LogP contribution in [0.25, 0.3) is 44.5 Å². The van der Waals surface area contributed by atoms with E-state index in [0.29, 0.717) is 20.1 Å². The summed E-state index contributed by atoms with van der Waals surface area (Å²) in [6, 6.07) is 57.8. The lowest BCUT2D eigenvalue weighted by atomic mass is 9.93. The van der Waals surface area contributed by atoms with Crippen molar-refractivity contribution in [3.8, 4) is 22.3 Å². The first-order valence-electron chi connectivity index (χ1n) is 20.5. The molecule has 63 heavy (non-hydrogen) atoms. The van der Waals surface area contributed by atoms with Gasteiger partial charge in [-0.05, 0) is 147 Å². The van der Waals surface area contributed by atoms with Crippen LogP contribution < -0.4 is 10.7 Å². The van der Waals surface area contributed by atoms with Crippen LogP contribution in [0.15, 0.2) is 216 Å². The van der Waals surface area contributed by atoms with Crippen LogP contribution in [0.3, 0.4) is 0 Å². The van der Waals surface area contributed by atoms with E-state index in [-0.39, 0.29) is 0 Å². The van der Waals surface area contributed by atoms with Gasteiger partial charge in [-0.15, -0.1) is 0 Å². The van der Waals surface area contributed by atoms with Gasteiger partial charge in [-0.1, -0.05) is 150 Å². The Hall–Kier alpha value is -6.72. The van der Waals surface area contributed by atoms with Gasteiger partial charge < -0.3 is 4.98 Å². The molecule has 0 spiro atoms. The minimum atomic E-state index is 0.655. The third-order valence-electron chi connectivity index (χ3n) is 11.7. The number of aliphatic imine (C=N–C) groups is 2. The van der Waals surface area contributed by atoms with E-state index >= 15 is 0 Å². The van der Waals surface area contributed by atoms with Crippen LogP contribution in [0, 0.1) is 0 Å². The number of hydrogen-bond donors (Lipinski definition) is 1. The van der Waals surface area contributed by atoms with E-state index in [4.69, 9.17) is 56.4 Å². The highest BCUT2D eigenvalue weighted by Crippen LogP contribution is 2.47. The number of fused-ring (bicyclic) bond motifs is 9. The van der Waals surface area contributed by atoms with Gasteiger partial charge in [0.15, 0.2) is 0 Å². The molecule has 300 valence electrons. The summed E-state index contributed by atoms with van der Waals surface area (Å²) in [5, 5.41) is 4.41. The normalized spacial score (nSPS) is 14.5. The summed E-state index contributed by atoms with van der Waals surface area (Å²) in [4.78, 5) is 14.9. The van der Waals surface area contributed by atoms with Gasteiger partial charge in [0.05, 0.1) is 22.8 Å². The van der Waals surface area contributed by atoms with E-state index in [0.717, 1.165) is 111 Å². The average Bonchev–Trinajstić information content (AvgIpc) is 4.12. The van der Waals surface area contributed by atoms with E-state index in [2.05, 4.69) is 120 Å². The van der Waals surface area contributed by atoms with Gasteiger partial charge in [0, 0.05) is 53.1 Å². The molecule has 8 bridgehead atoms. The maximum atomic E-state index is 6.57. The van der Waals surface area contributed by atoms with Crippen molar-refractivity contribution in [1.82, 2.24) is 4.98 Å². The average molecular weight is 890 g/mol. The van der Waals surface area contributed by atoms with Crippen molar-refractivity contribution in [1.29, 1.82) is 0 Å². The van der Waals surface area contributed by atoms with Gasteiger partial charge >= 0.3 is 0 Å². The van der Waals surface area contributed by atoms with Crippen LogP contribution in [0.1, 0.15) is 33.4 Å². The smallest absolute Gasteiger partial charge is 0.0737 e. The maximum Gasteiger partial charge on any atom is 0.0737 e. The van der Waals surface area contributed by atoms with Crippen LogP contribution in [0.5, 0.6) is 0 Å². The Labute approximate surface area is 384 Å². The first-order valence-corrected chi connectivity index (χ1v) is 22.0. The standard InChI is InChI=1S/C56H33Cl4N3/c57-39-16-6-35(7-17-39)53-45-32-46(44-25-15-34(14-24-43(44)45)33-4-2-1-3-5-33)54(36-8-18-40(58)19-9-36)48-27-29-50(62-48)56(38-12-22-42(60)23-13-38)52-31-30-51(63-52)55(49-28-26-47(53)61-49)37-10-20-41(59)21-11-37/h1-32,63H. The molecule has 2 aliphatic carbocycles. The zero-order chi connectivity index (χ0) is 42.6. The molecule has 1 N–H and O–H groups in total. The van der Waals surface area contributed by atoms with E-state index in [1.807, 2.05) is 78.9 Å². The fourth-order valence-electron chi connectivity index (χ4n) is 8.79. The number of aromatic amines is 1. The third-order valence-corrected chi connectivity index (χ3v) is 12.7. The molecule has 3 aliphatic heterocycles. The summed E-state index contributed by atoms with van der Waals surface area (Å²) >= 11 is 26.1.